The molecule has 0 aromatic carbocycles. The summed E-state index contributed by atoms with van der Waals surface area (Å²) in [6.45, 7) is 7.18. The zero-order valence-electron chi connectivity index (χ0n) is 59.7. The van der Waals surface area contributed by atoms with Gasteiger partial charge in [-0.25, -0.2) is 9.13 Å². The van der Waals surface area contributed by atoms with E-state index in [2.05, 4.69) is 34.6 Å². The summed E-state index contributed by atoms with van der Waals surface area (Å²) in [6.07, 6.45) is 54.4. The Morgan fingerprint density at radius 2 is 0.500 bits per heavy atom. The fraction of sp³-hybridized carbons (Fsp3) is 0.945. The third kappa shape index (κ3) is 66.7. The lowest BCUT2D eigenvalue weighted by Gasteiger charge is -2.21. The van der Waals surface area contributed by atoms with Gasteiger partial charge < -0.3 is 33.8 Å². The second kappa shape index (κ2) is 66.3. The maximum Gasteiger partial charge on any atom is 0.472 e. The summed E-state index contributed by atoms with van der Waals surface area (Å²) in [7, 11) is -9.90. The monoisotopic (exact) mass is 1350 g/mol. The zero-order chi connectivity index (χ0) is 67.7. The quantitative estimate of drug-likeness (QED) is 0.0222. The number of phosphoric acid groups is 2. The summed E-state index contributed by atoms with van der Waals surface area (Å²) < 4.78 is 68.3. The fourth-order valence-corrected chi connectivity index (χ4v) is 12.8. The van der Waals surface area contributed by atoms with Gasteiger partial charge in [-0.1, -0.05) is 330 Å². The number of carbonyl (C=O) groups is 4. The topological polar surface area (TPSA) is 237 Å². The second-order valence-electron chi connectivity index (χ2n) is 26.8. The molecule has 0 aliphatic rings. The summed E-state index contributed by atoms with van der Waals surface area (Å²) in [4.78, 5) is 72.5. The Kier molecular flexibility index (Phi) is 64.9. The van der Waals surface area contributed by atoms with Crippen LogP contribution >= 0.6 is 15.6 Å². The number of hydrogen-bond donors (Lipinski definition) is 3. The van der Waals surface area contributed by atoms with Crippen molar-refractivity contribution in [2.45, 2.75) is 400 Å². The predicted octanol–water partition coefficient (Wildman–Crippen LogP) is 21.3. The van der Waals surface area contributed by atoms with E-state index < -0.39 is 97.5 Å². The Balaban J connectivity index is 5.15. The molecule has 92 heavy (non-hydrogen) atoms. The highest BCUT2D eigenvalue weighted by Crippen LogP contribution is 2.45. The molecule has 19 heteroatoms. The van der Waals surface area contributed by atoms with Crippen molar-refractivity contribution in [1.82, 2.24) is 0 Å². The second-order valence-corrected chi connectivity index (χ2v) is 29.7. The van der Waals surface area contributed by atoms with Crippen molar-refractivity contribution in [2.24, 2.45) is 5.92 Å². The van der Waals surface area contributed by atoms with E-state index in [1.807, 2.05) is 0 Å². The van der Waals surface area contributed by atoms with Gasteiger partial charge in [0.15, 0.2) is 12.2 Å². The van der Waals surface area contributed by atoms with E-state index in [1.54, 1.807) is 0 Å². The molecule has 5 atom stereocenters. The Morgan fingerprint density at radius 1 is 0.293 bits per heavy atom. The first-order valence-electron chi connectivity index (χ1n) is 38.1. The van der Waals surface area contributed by atoms with E-state index in [0.717, 1.165) is 109 Å². The molecule has 0 rings (SSSR count). The third-order valence-corrected chi connectivity index (χ3v) is 18.9. The molecule has 2 unspecified atom stereocenters. The molecule has 0 amide bonds. The van der Waals surface area contributed by atoms with E-state index in [0.29, 0.717) is 25.7 Å². The maximum absolute atomic E-state index is 13.1. The zero-order valence-corrected chi connectivity index (χ0v) is 61.5. The van der Waals surface area contributed by atoms with Gasteiger partial charge in [-0.3, -0.25) is 37.3 Å². The van der Waals surface area contributed by atoms with Crippen LogP contribution < -0.4 is 0 Å². The van der Waals surface area contributed by atoms with Crippen molar-refractivity contribution >= 4 is 39.5 Å². The number of carbonyl (C=O) groups excluding carboxylic acids is 4. The Bertz CT molecular complexity index is 1770. The summed E-state index contributed by atoms with van der Waals surface area (Å²) >= 11 is 0. The summed E-state index contributed by atoms with van der Waals surface area (Å²) in [6, 6.07) is 0. The van der Waals surface area contributed by atoms with Gasteiger partial charge in [0, 0.05) is 25.7 Å². The number of phosphoric ester groups is 2. The van der Waals surface area contributed by atoms with Crippen LogP contribution in [0.5, 0.6) is 0 Å². The first-order valence-corrected chi connectivity index (χ1v) is 41.1. The third-order valence-electron chi connectivity index (χ3n) is 17.0. The molecule has 0 saturated heterocycles. The molecule has 17 nitrogen and oxygen atoms in total. The number of rotatable bonds is 73. The number of esters is 4. The average molecular weight is 1350 g/mol. The van der Waals surface area contributed by atoms with Crippen molar-refractivity contribution in [3.63, 3.8) is 0 Å². The molecule has 0 aliphatic heterocycles. The van der Waals surface area contributed by atoms with Gasteiger partial charge in [0.05, 0.1) is 26.4 Å². The van der Waals surface area contributed by atoms with Gasteiger partial charge >= 0.3 is 39.5 Å². The van der Waals surface area contributed by atoms with Crippen LogP contribution in [-0.4, -0.2) is 96.7 Å². The van der Waals surface area contributed by atoms with Gasteiger partial charge in [-0.05, 0) is 31.6 Å². The smallest absolute Gasteiger partial charge is 0.462 e. The lowest BCUT2D eigenvalue weighted by atomic mass is 10.0. The highest BCUT2D eigenvalue weighted by Gasteiger charge is 2.30. The van der Waals surface area contributed by atoms with E-state index >= 15 is 0 Å². The van der Waals surface area contributed by atoms with Gasteiger partial charge in [0.25, 0.3) is 0 Å². The number of unbranched alkanes of at least 4 members (excludes halogenated alkanes) is 45. The van der Waals surface area contributed by atoms with Crippen LogP contribution in [0.25, 0.3) is 0 Å². The van der Waals surface area contributed by atoms with E-state index in [1.165, 1.54) is 193 Å². The van der Waals surface area contributed by atoms with Crippen LogP contribution in [0.4, 0.5) is 0 Å². The molecule has 0 heterocycles. The first kappa shape index (κ1) is 90.1. The van der Waals surface area contributed by atoms with Crippen LogP contribution in [-0.2, 0) is 65.4 Å². The number of hydrogen-bond acceptors (Lipinski definition) is 15. The normalized spacial score (nSPS) is 14.0. The van der Waals surface area contributed by atoms with Crippen LogP contribution in [0.1, 0.15) is 381 Å². The molecule has 0 bridgehead atoms. The van der Waals surface area contributed by atoms with E-state index in [4.69, 9.17) is 37.0 Å². The van der Waals surface area contributed by atoms with Crippen LogP contribution in [0.2, 0.25) is 0 Å². The maximum atomic E-state index is 13.1. The molecule has 0 aliphatic carbocycles. The number of aliphatic hydroxyl groups excluding tert-OH is 1. The molecule has 0 radical (unpaired) electrons. The van der Waals surface area contributed by atoms with Crippen molar-refractivity contribution in [2.75, 3.05) is 39.6 Å². The molecule has 546 valence electrons. The van der Waals surface area contributed by atoms with Crippen LogP contribution in [0.15, 0.2) is 0 Å². The minimum atomic E-state index is -4.95. The minimum Gasteiger partial charge on any atom is -0.462 e. The predicted molar refractivity (Wildman–Crippen MR) is 372 cm³/mol. The molecule has 0 fully saturated rings. The number of aliphatic hydroxyl groups is 1. The highest BCUT2D eigenvalue weighted by atomic mass is 31.2. The largest absolute Gasteiger partial charge is 0.472 e. The summed E-state index contributed by atoms with van der Waals surface area (Å²) in [5, 5.41) is 10.6. The fourth-order valence-electron chi connectivity index (χ4n) is 11.2. The van der Waals surface area contributed by atoms with Crippen molar-refractivity contribution < 1.29 is 80.2 Å². The summed E-state index contributed by atoms with van der Waals surface area (Å²) in [5.41, 5.74) is 0. The molecule has 0 aromatic heterocycles. The van der Waals surface area contributed by atoms with Gasteiger partial charge in [0.1, 0.15) is 19.3 Å². The van der Waals surface area contributed by atoms with Crippen molar-refractivity contribution in [3.05, 3.63) is 0 Å². The molecular formula is C73H142O17P2. The van der Waals surface area contributed by atoms with Gasteiger partial charge in [-0.15, -0.1) is 0 Å². The van der Waals surface area contributed by atoms with Crippen LogP contribution in [0, 0.1) is 5.92 Å². The molecule has 0 saturated carbocycles. The first-order chi connectivity index (χ1) is 44.5. The van der Waals surface area contributed by atoms with Crippen molar-refractivity contribution in [1.29, 1.82) is 0 Å². The summed E-state index contributed by atoms with van der Waals surface area (Å²) in [5.74, 6) is -1.41. The number of ether oxygens (including phenoxy) is 4. The molecule has 0 aromatic rings. The van der Waals surface area contributed by atoms with Gasteiger partial charge in [0.2, 0.25) is 0 Å². The van der Waals surface area contributed by atoms with E-state index in [9.17, 15) is 43.2 Å². The Hall–Kier alpha value is -1.94. The Labute approximate surface area is 562 Å². The van der Waals surface area contributed by atoms with E-state index in [-0.39, 0.29) is 25.7 Å². The molecular weight excluding hydrogens is 1210 g/mol. The Morgan fingerprint density at radius 3 is 0.739 bits per heavy atom. The van der Waals surface area contributed by atoms with Crippen LogP contribution in [0.3, 0.4) is 0 Å². The SMILES string of the molecule is CCCCCCCCCCCCCCCCCCCCCCCC(=O)O[C@H](COC(=O)CCCCCCCCCCCCCCC)COP(=O)(O)OC[C@@H](O)COP(=O)(O)OC[C@@H](COC(=O)CCCCCCCCC)OC(=O)CCCCCCCCCCC(C)C. The lowest BCUT2D eigenvalue weighted by Crippen LogP contribution is -2.30. The minimum absolute atomic E-state index is 0.104. The molecule has 0 spiro atoms. The van der Waals surface area contributed by atoms with Crippen molar-refractivity contribution in [3.8, 4) is 0 Å². The standard InChI is InChI=1S/C73H142O17P2/c1-6-9-12-15-18-20-22-24-25-26-27-28-29-30-31-33-35-37-43-48-53-58-72(77)89-69(63-84-71(76)57-52-47-42-36-34-32-23-21-19-16-13-10-7-2)65-88-92(81,82)86-61-67(74)60-85-91(79,80)87-64-68(62-83-70(75)56-51-46-40-17-14-11-8-3)90-73(78)59-54-49-44-39-38-41-45-50-55-66(4)5/h66-69,74H,6-65H2,1-5H3,(H,79,80)(H,81,82)/t67-,68+,69+/m0/s1. The average Bonchev–Trinajstić information content (AvgIpc) is 1.53. The molecule has 3 N–H and O–H groups in total. The van der Waals surface area contributed by atoms with Gasteiger partial charge in [-0.2, -0.15) is 0 Å². The lowest BCUT2D eigenvalue weighted by molar-refractivity contribution is -0.161. The highest BCUT2D eigenvalue weighted by molar-refractivity contribution is 7.47.